The van der Waals surface area contributed by atoms with Crippen molar-refractivity contribution < 1.29 is 23.8 Å². The molecule has 0 bridgehead atoms. The smallest absolute Gasteiger partial charge is 0.407 e. The number of fused-ring (bicyclic) bond motifs is 3. The molecule has 0 saturated heterocycles. The molecule has 0 radical (unpaired) electrons. The normalized spacial score (nSPS) is 13.8. The van der Waals surface area contributed by atoms with Crippen molar-refractivity contribution in [2.24, 2.45) is 5.92 Å². The monoisotopic (exact) mass is 473 g/mol. The molecule has 0 fully saturated rings. The van der Waals surface area contributed by atoms with Crippen LogP contribution in [0.3, 0.4) is 0 Å². The molecule has 3 aromatic carbocycles. The average molecular weight is 474 g/mol. The van der Waals surface area contributed by atoms with Gasteiger partial charge in [-0.3, -0.25) is 0 Å². The summed E-state index contributed by atoms with van der Waals surface area (Å²) in [5, 5.41) is 2.74. The molecule has 0 spiro atoms. The molecule has 0 aliphatic heterocycles. The van der Waals surface area contributed by atoms with Gasteiger partial charge in [-0.1, -0.05) is 80.9 Å². The van der Waals surface area contributed by atoms with Gasteiger partial charge in [0.25, 0.3) is 0 Å². The summed E-state index contributed by atoms with van der Waals surface area (Å²) in [6.45, 7) is 4.17. The summed E-state index contributed by atoms with van der Waals surface area (Å²) in [5.74, 6) is 0.0919. The van der Waals surface area contributed by atoms with Gasteiger partial charge in [-0.15, -0.1) is 0 Å². The van der Waals surface area contributed by atoms with Crippen LogP contribution in [0.5, 0.6) is 5.75 Å². The van der Waals surface area contributed by atoms with Crippen LogP contribution in [0.15, 0.2) is 72.8 Å². The van der Waals surface area contributed by atoms with Gasteiger partial charge in [0.1, 0.15) is 25.0 Å². The van der Waals surface area contributed by atoms with Gasteiger partial charge in [-0.2, -0.15) is 0 Å². The number of carbonyl (C=O) groups is 2. The second-order valence-corrected chi connectivity index (χ2v) is 8.79. The van der Waals surface area contributed by atoms with Crippen molar-refractivity contribution in [1.29, 1.82) is 0 Å². The van der Waals surface area contributed by atoms with Gasteiger partial charge in [-0.05, 0) is 45.9 Å². The summed E-state index contributed by atoms with van der Waals surface area (Å²) in [7, 11) is 1.60. The minimum atomic E-state index is -0.797. The summed E-state index contributed by atoms with van der Waals surface area (Å²) in [4.78, 5) is 25.6. The van der Waals surface area contributed by atoms with E-state index in [1.54, 1.807) is 7.11 Å². The van der Waals surface area contributed by atoms with Crippen molar-refractivity contribution >= 4 is 12.1 Å². The Morgan fingerprint density at radius 2 is 1.49 bits per heavy atom. The van der Waals surface area contributed by atoms with Crippen LogP contribution >= 0.6 is 0 Å². The Morgan fingerprint density at radius 1 is 0.886 bits per heavy atom. The van der Waals surface area contributed by atoms with Crippen molar-refractivity contribution in [2.45, 2.75) is 38.8 Å². The number of hydrogen-bond acceptors (Lipinski definition) is 5. The number of nitrogens with one attached hydrogen (secondary N) is 1. The zero-order valence-corrected chi connectivity index (χ0v) is 20.3. The van der Waals surface area contributed by atoms with Crippen LogP contribution in [0.4, 0.5) is 4.79 Å². The highest BCUT2D eigenvalue weighted by Gasteiger charge is 2.31. The standard InChI is InChI=1S/C29H31NO5/c1-4-19(2)27(28(31)34-17-20-13-15-21(33-3)16-14-20)30-29(32)35-18-26-24-11-7-5-9-22(24)23-10-6-8-12-25(23)26/h5-16,19,26-27H,4,17-18H2,1-3H3,(H,30,32)/t19-,27+/m0/s1. The van der Waals surface area contributed by atoms with Crippen LogP contribution < -0.4 is 10.1 Å². The fourth-order valence-electron chi connectivity index (χ4n) is 4.40. The van der Waals surface area contributed by atoms with Gasteiger partial charge in [0, 0.05) is 5.92 Å². The molecule has 0 aromatic heterocycles. The summed E-state index contributed by atoms with van der Waals surface area (Å²) in [6.07, 6.45) is 0.0740. The Balaban J connectivity index is 1.37. The lowest BCUT2D eigenvalue weighted by molar-refractivity contribution is -0.148. The first-order valence-corrected chi connectivity index (χ1v) is 11.9. The van der Waals surface area contributed by atoms with Crippen molar-refractivity contribution in [2.75, 3.05) is 13.7 Å². The topological polar surface area (TPSA) is 73.9 Å². The van der Waals surface area contributed by atoms with Gasteiger partial charge >= 0.3 is 12.1 Å². The van der Waals surface area contributed by atoms with Gasteiger partial charge in [0.05, 0.1) is 7.11 Å². The number of amides is 1. The molecular formula is C29H31NO5. The summed E-state index contributed by atoms with van der Waals surface area (Å²) in [6, 6.07) is 22.8. The van der Waals surface area contributed by atoms with E-state index in [0.29, 0.717) is 6.42 Å². The molecule has 6 heteroatoms. The van der Waals surface area contributed by atoms with E-state index in [1.165, 1.54) is 0 Å². The lowest BCUT2D eigenvalue weighted by Crippen LogP contribution is -2.46. The minimum Gasteiger partial charge on any atom is -0.497 e. The molecular weight excluding hydrogens is 442 g/mol. The van der Waals surface area contributed by atoms with E-state index < -0.39 is 18.1 Å². The van der Waals surface area contributed by atoms with E-state index in [9.17, 15) is 9.59 Å². The summed E-state index contributed by atoms with van der Waals surface area (Å²) < 4.78 is 16.3. The fraction of sp³-hybridized carbons (Fsp3) is 0.310. The maximum absolute atomic E-state index is 12.8. The molecule has 2 atom stereocenters. The first-order chi connectivity index (χ1) is 17.0. The third kappa shape index (κ3) is 5.48. The number of hydrogen-bond donors (Lipinski definition) is 1. The highest BCUT2D eigenvalue weighted by molar-refractivity contribution is 5.82. The number of rotatable bonds is 9. The number of methoxy groups -OCH3 is 1. The Labute approximate surface area is 206 Å². The molecule has 35 heavy (non-hydrogen) atoms. The minimum absolute atomic E-state index is 0.0442. The predicted octanol–water partition coefficient (Wildman–Crippen LogP) is 5.69. The molecule has 3 aromatic rings. The van der Waals surface area contributed by atoms with Crippen LogP contribution in [0, 0.1) is 5.92 Å². The van der Waals surface area contributed by atoms with Gasteiger partial charge in [0.2, 0.25) is 0 Å². The number of ether oxygens (including phenoxy) is 3. The quantitative estimate of drug-likeness (QED) is 0.404. The lowest BCUT2D eigenvalue weighted by Gasteiger charge is -2.23. The zero-order valence-electron chi connectivity index (χ0n) is 20.3. The highest BCUT2D eigenvalue weighted by atomic mass is 16.6. The molecule has 4 rings (SSSR count). The van der Waals surface area contributed by atoms with Crippen molar-refractivity contribution in [3.8, 4) is 16.9 Å². The molecule has 6 nitrogen and oxygen atoms in total. The van der Waals surface area contributed by atoms with E-state index in [4.69, 9.17) is 14.2 Å². The van der Waals surface area contributed by atoms with Crippen molar-refractivity contribution in [1.82, 2.24) is 5.32 Å². The molecule has 1 amide bonds. The van der Waals surface area contributed by atoms with Crippen LogP contribution in [0.25, 0.3) is 11.1 Å². The third-order valence-electron chi connectivity index (χ3n) is 6.62. The summed E-state index contributed by atoms with van der Waals surface area (Å²) >= 11 is 0. The van der Waals surface area contributed by atoms with E-state index in [0.717, 1.165) is 33.6 Å². The van der Waals surface area contributed by atoms with Gasteiger partial charge in [0.15, 0.2) is 0 Å². The number of benzene rings is 3. The Morgan fingerprint density at radius 3 is 2.06 bits per heavy atom. The van der Waals surface area contributed by atoms with E-state index in [-0.39, 0.29) is 25.0 Å². The lowest BCUT2D eigenvalue weighted by atomic mass is 9.98. The van der Waals surface area contributed by atoms with E-state index in [2.05, 4.69) is 29.6 Å². The predicted molar refractivity (Wildman–Crippen MR) is 134 cm³/mol. The molecule has 1 N–H and O–H groups in total. The van der Waals surface area contributed by atoms with Crippen LogP contribution in [-0.4, -0.2) is 31.8 Å². The Bertz CT molecular complexity index is 1130. The average Bonchev–Trinajstić information content (AvgIpc) is 3.22. The molecule has 0 saturated carbocycles. The zero-order chi connectivity index (χ0) is 24.8. The van der Waals surface area contributed by atoms with E-state index >= 15 is 0 Å². The molecule has 182 valence electrons. The third-order valence-corrected chi connectivity index (χ3v) is 6.62. The molecule has 1 aliphatic rings. The fourth-order valence-corrected chi connectivity index (χ4v) is 4.40. The SMILES string of the molecule is CC[C@H](C)[C@@H](NC(=O)OCC1c2ccccc2-c2ccccc21)C(=O)OCc1ccc(OC)cc1. The van der Waals surface area contributed by atoms with E-state index in [1.807, 2.05) is 62.4 Å². The maximum atomic E-state index is 12.8. The summed E-state index contributed by atoms with van der Waals surface area (Å²) in [5.41, 5.74) is 5.44. The molecule has 0 heterocycles. The first-order valence-electron chi connectivity index (χ1n) is 11.9. The van der Waals surface area contributed by atoms with Crippen molar-refractivity contribution in [3.05, 3.63) is 89.5 Å². The second kappa shape index (κ2) is 11.1. The second-order valence-electron chi connectivity index (χ2n) is 8.79. The highest BCUT2D eigenvalue weighted by Crippen LogP contribution is 2.44. The first kappa shape index (κ1) is 24.3. The number of alkyl carbamates (subject to hydrolysis) is 1. The number of esters is 1. The van der Waals surface area contributed by atoms with Crippen LogP contribution in [-0.2, 0) is 20.9 Å². The van der Waals surface area contributed by atoms with Gasteiger partial charge in [-0.25, -0.2) is 9.59 Å². The number of carbonyl (C=O) groups excluding carboxylic acids is 2. The van der Waals surface area contributed by atoms with Crippen LogP contribution in [0.2, 0.25) is 0 Å². The molecule has 1 aliphatic carbocycles. The van der Waals surface area contributed by atoms with Crippen LogP contribution in [0.1, 0.15) is 42.9 Å². The maximum Gasteiger partial charge on any atom is 0.407 e. The Hall–Kier alpha value is -3.80. The Kier molecular flexibility index (Phi) is 7.70. The largest absolute Gasteiger partial charge is 0.497 e. The molecule has 0 unspecified atom stereocenters. The van der Waals surface area contributed by atoms with Gasteiger partial charge < -0.3 is 19.5 Å². The van der Waals surface area contributed by atoms with Crippen molar-refractivity contribution in [3.63, 3.8) is 0 Å².